The maximum atomic E-state index is 14.9. The molecule has 5 aromatic rings. The summed E-state index contributed by atoms with van der Waals surface area (Å²) in [5.74, 6) is -1.23. The molecule has 0 bridgehead atoms. The zero-order valence-electron chi connectivity index (χ0n) is 23.7. The summed E-state index contributed by atoms with van der Waals surface area (Å²) in [6, 6.07) is 21.0. The van der Waals surface area contributed by atoms with Gasteiger partial charge in [-0.2, -0.15) is 5.10 Å². The highest BCUT2D eigenvalue weighted by atomic mass is 32.2. The Balaban J connectivity index is 1.50. The second-order valence-electron chi connectivity index (χ2n) is 10.9. The Bertz CT molecular complexity index is 1840. The third-order valence-corrected chi connectivity index (χ3v) is 9.19. The number of nitrogens with zero attached hydrogens (tertiary/aromatic N) is 4. The molecule has 11 heteroatoms. The number of carbonyl (C=O) groups is 1. The minimum atomic E-state index is -1.93. The summed E-state index contributed by atoms with van der Waals surface area (Å²) in [6.45, 7) is 0. The topological polar surface area (TPSA) is 114 Å². The molecule has 1 atom stereocenters. The number of thiazole rings is 1. The van der Waals surface area contributed by atoms with Crippen LogP contribution in [0.5, 0.6) is 0 Å². The minimum absolute atomic E-state index is 0.0356. The van der Waals surface area contributed by atoms with Crippen LogP contribution in [-0.4, -0.2) is 44.1 Å². The molecule has 1 aliphatic carbocycles. The predicted octanol–water partition coefficient (Wildman–Crippen LogP) is 6.09. The number of carboxylic acids is 1. The van der Waals surface area contributed by atoms with Gasteiger partial charge in [-0.15, -0.1) is 11.3 Å². The lowest BCUT2D eigenvalue weighted by molar-refractivity contribution is 0.0691. The van der Waals surface area contributed by atoms with E-state index in [-0.39, 0.29) is 10.6 Å². The highest BCUT2D eigenvalue weighted by molar-refractivity contribution is 7.82. The van der Waals surface area contributed by atoms with Crippen LogP contribution in [0, 0.1) is 11.7 Å². The lowest BCUT2D eigenvalue weighted by atomic mass is 9.95. The summed E-state index contributed by atoms with van der Waals surface area (Å²) < 4.78 is 28.4. The van der Waals surface area contributed by atoms with Gasteiger partial charge in [0.15, 0.2) is 5.69 Å². The second-order valence-corrected chi connectivity index (χ2v) is 12.8. The van der Waals surface area contributed by atoms with Crippen LogP contribution in [0.3, 0.4) is 0 Å². The zero-order chi connectivity index (χ0) is 30.2. The smallest absolute Gasteiger partial charge is 0.355 e. The van der Waals surface area contributed by atoms with Crippen molar-refractivity contribution in [3.63, 3.8) is 0 Å². The molecule has 1 unspecified atom stereocenters. The molecule has 0 saturated heterocycles. The summed E-state index contributed by atoms with van der Waals surface area (Å²) in [7, 11) is 2.08. The van der Waals surface area contributed by atoms with Crippen molar-refractivity contribution in [1.29, 1.82) is 0 Å². The number of carboxylic acid groups (broad SMARTS) is 1. The fourth-order valence-corrected chi connectivity index (χ4v) is 6.37. The van der Waals surface area contributed by atoms with Crippen LogP contribution < -0.4 is 10.0 Å². The molecule has 2 aromatic heterocycles. The number of nitrogens with two attached hydrogens (primary N) is 1. The lowest BCUT2D eigenvalue weighted by Gasteiger charge is -2.13. The molecule has 8 nitrogen and oxygen atoms in total. The van der Waals surface area contributed by atoms with E-state index in [1.165, 1.54) is 28.8 Å². The number of rotatable bonds is 10. The fourth-order valence-electron chi connectivity index (χ4n) is 5.15. The molecule has 0 aliphatic heterocycles. The van der Waals surface area contributed by atoms with E-state index in [1.54, 1.807) is 10.7 Å². The molecule has 0 radical (unpaired) electrons. The molecule has 0 spiro atoms. The molecule has 3 N–H and O–H groups in total. The first-order valence-corrected chi connectivity index (χ1v) is 15.9. The van der Waals surface area contributed by atoms with E-state index in [9.17, 15) is 18.5 Å². The van der Waals surface area contributed by atoms with E-state index in [1.807, 2.05) is 26.2 Å². The molecule has 1 saturated carbocycles. The van der Waals surface area contributed by atoms with Gasteiger partial charge in [0.1, 0.15) is 16.8 Å². The van der Waals surface area contributed by atoms with Crippen LogP contribution in [0.1, 0.15) is 40.2 Å². The number of benzene rings is 3. The first kappa shape index (κ1) is 28.9. The molecule has 3 aromatic carbocycles. The van der Waals surface area contributed by atoms with Crippen molar-refractivity contribution in [1.82, 2.24) is 14.8 Å². The molecule has 6 rings (SSSR count). The molecule has 2 heterocycles. The van der Waals surface area contributed by atoms with Gasteiger partial charge in [0.05, 0.1) is 16.3 Å². The van der Waals surface area contributed by atoms with E-state index in [0.29, 0.717) is 23.0 Å². The van der Waals surface area contributed by atoms with Gasteiger partial charge in [0.25, 0.3) is 0 Å². The summed E-state index contributed by atoms with van der Waals surface area (Å²) in [5.41, 5.74) is 7.29. The van der Waals surface area contributed by atoms with Crippen LogP contribution in [0.25, 0.3) is 27.5 Å². The number of hydrogen-bond donors (Lipinski definition) is 2. The molecule has 220 valence electrons. The van der Waals surface area contributed by atoms with Crippen molar-refractivity contribution >= 4 is 34.0 Å². The van der Waals surface area contributed by atoms with Crippen LogP contribution in [-0.2, 0) is 23.8 Å². The normalized spacial score (nSPS) is 13.7. The van der Waals surface area contributed by atoms with Crippen molar-refractivity contribution in [2.75, 3.05) is 19.0 Å². The van der Waals surface area contributed by atoms with Crippen LogP contribution in [0.4, 0.5) is 10.1 Å². The number of anilines is 1. The monoisotopic (exact) mass is 615 g/mol. The first-order valence-electron chi connectivity index (χ1n) is 13.8. The highest BCUT2D eigenvalue weighted by Gasteiger charge is 2.29. The number of halogens is 1. The predicted molar refractivity (Wildman–Crippen MR) is 168 cm³/mol. The Hall–Kier alpha value is -4.19. The van der Waals surface area contributed by atoms with Gasteiger partial charge in [-0.1, -0.05) is 36.4 Å². The third kappa shape index (κ3) is 6.15. The van der Waals surface area contributed by atoms with Gasteiger partial charge < -0.3 is 10.0 Å². The number of aromatic nitrogens is 3. The average Bonchev–Trinajstić information content (AvgIpc) is 3.55. The van der Waals surface area contributed by atoms with Crippen molar-refractivity contribution in [3.05, 3.63) is 100 Å². The Kier molecular flexibility index (Phi) is 7.95. The second kappa shape index (κ2) is 11.8. The van der Waals surface area contributed by atoms with Crippen molar-refractivity contribution < 1.29 is 18.5 Å². The summed E-state index contributed by atoms with van der Waals surface area (Å²) in [4.78, 5) is 18.0. The Morgan fingerprint density at radius 2 is 1.84 bits per heavy atom. The van der Waals surface area contributed by atoms with Crippen molar-refractivity contribution in [3.8, 4) is 27.5 Å². The minimum Gasteiger partial charge on any atom is -0.476 e. The largest absolute Gasteiger partial charge is 0.476 e. The van der Waals surface area contributed by atoms with Crippen LogP contribution >= 0.6 is 11.3 Å². The van der Waals surface area contributed by atoms with Crippen molar-refractivity contribution in [2.24, 2.45) is 11.1 Å². The molecular formula is C32H30FN5O3S2. The van der Waals surface area contributed by atoms with Crippen molar-refractivity contribution in [2.45, 2.75) is 30.6 Å². The number of aromatic carboxylic acids is 1. The standard InChI is InChI=1S/C32H30FN5O3S2/c1-37(2)24-11-9-21(10-12-24)22-4-3-5-23(17-22)30-25(14-20-8-13-29(43(34)41)26(33)15-20)28(16-19-6-7-19)38(36-30)32-35-27(18-42-32)31(39)40/h3-5,8-13,15,17-19H,6-7,14,16,34H2,1-2H3,(H,39,40). The van der Waals surface area contributed by atoms with E-state index < -0.39 is 22.8 Å². The van der Waals surface area contributed by atoms with Gasteiger partial charge in [-0.05, 0) is 72.2 Å². The van der Waals surface area contributed by atoms with Gasteiger partial charge in [0.2, 0.25) is 5.13 Å². The maximum Gasteiger partial charge on any atom is 0.355 e. The number of hydrogen-bond acceptors (Lipinski definition) is 6. The summed E-state index contributed by atoms with van der Waals surface area (Å²) in [5, 5.41) is 22.0. The average molecular weight is 616 g/mol. The van der Waals surface area contributed by atoms with E-state index in [2.05, 4.69) is 46.3 Å². The van der Waals surface area contributed by atoms with Crippen LogP contribution in [0.2, 0.25) is 0 Å². The lowest BCUT2D eigenvalue weighted by Crippen LogP contribution is -2.07. The molecule has 1 aliphatic rings. The zero-order valence-corrected chi connectivity index (χ0v) is 25.3. The van der Waals surface area contributed by atoms with E-state index in [0.717, 1.165) is 58.6 Å². The molecule has 1 fully saturated rings. The SMILES string of the molecule is CN(C)c1ccc(-c2cccc(-c3nn(-c4nc(C(=O)O)cs4)c(CC4CC4)c3Cc3ccc(S(N)=O)c(F)c3)c2)cc1. The quantitative estimate of drug-likeness (QED) is 0.197. The van der Waals surface area contributed by atoms with Crippen LogP contribution in [0.15, 0.2) is 77.0 Å². The Morgan fingerprint density at radius 3 is 2.47 bits per heavy atom. The third-order valence-electron chi connectivity index (χ3n) is 7.61. The maximum absolute atomic E-state index is 14.9. The Morgan fingerprint density at radius 1 is 1.09 bits per heavy atom. The molecular weight excluding hydrogens is 586 g/mol. The van der Waals surface area contributed by atoms with Gasteiger partial charge in [-0.3, -0.25) is 0 Å². The highest BCUT2D eigenvalue weighted by Crippen LogP contribution is 2.39. The summed E-state index contributed by atoms with van der Waals surface area (Å²) >= 11 is 1.22. The fraction of sp³-hybridized carbons (Fsp3) is 0.219. The molecule has 43 heavy (non-hydrogen) atoms. The Labute approximate surface area is 255 Å². The van der Waals surface area contributed by atoms with Gasteiger partial charge in [-0.25, -0.2) is 28.2 Å². The van der Waals surface area contributed by atoms with Gasteiger partial charge in [0, 0.05) is 42.7 Å². The molecule has 0 amide bonds. The van der Waals surface area contributed by atoms with E-state index >= 15 is 0 Å². The van der Waals surface area contributed by atoms with E-state index in [4.69, 9.17) is 10.2 Å². The summed E-state index contributed by atoms with van der Waals surface area (Å²) in [6.07, 6.45) is 3.30. The van der Waals surface area contributed by atoms with Gasteiger partial charge >= 0.3 is 5.97 Å². The first-order chi connectivity index (χ1) is 20.7.